The molecule has 12 nitrogen and oxygen atoms in total. The molecule has 0 spiro atoms. The van der Waals surface area contributed by atoms with E-state index in [0.717, 1.165) is 33.4 Å². The number of ether oxygens (including phenoxy) is 12. The smallest absolute Gasteiger partial charge is 0.229 e. The monoisotopic (exact) mass is 986 g/mol. The zero-order chi connectivity index (χ0) is 49.4. The second-order valence-corrected chi connectivity index (χ2v) is 18.2. The van der Waals surface area contributed by atoms with Gasteiger partial charge >= 0.3 is 0 Å². The molecule has 1 unspecified atom stereocenters. The lowest BCUT2D eigenvalue weighted by Crippen LogP contribution is -2.67. The predicted octanol–water partition coefficient (Wildman–Crippen LogP) is 10.6. The first-order chi connectivity index (χ1) is 36.1. The maximum Gasteiger partial charge on any atom is 0.229 e. The first-order valence-electron chi connectivity index (χ1n) is 25.0. The summed E-state index contributed by atoms with van der Waals surface area (Å²) in [6, 6.07) is 67.3. The van der Waals surface area contributed by atoms with Crippen LogP contribution in [0.4, 0.5) is 0 Å². The third-order valence-electron chi connectivity index (χ3n) is 13.1. The van der Waals surface area contributed by atoms with E-state index in [0.29, 0.717) is 18.1 Å². The van der Waals surface area contributed by atoms with E-state index in [9.17, 15) is 0 Å². The highest BCUT2D eigenvalue weighted by atomic mass is 16.8. The summed E-state index contributed by atoms with van der Waals surface area (Å²) in [5.41, 5.74) is 5.75. The van der Waals surface area contributed by atoms with Crippen molar-refractivity contribution in [1.82, 2.24) is 0 Å². The fraction of sp³-hybridized carbons (Fsp3) is 0.311. The molecule has 7 aromatic carbocycles. The first kappa shape index (κ1) is 50.3. The average Bonchev–Trinajstić information content (AvgIpc) is 3.45. The second kappa shape index (κ2) is 25.6. The molecular formula is C61H62O12. The van der Waals surface area contributed by atoms with Gasteiger partial charge in [0.2, 0.25) is 6.29 Å². The molecule has 3 aliphatic heterocycles. The van der Waals surface area contributed by atoms with E-state index in [1.807, 2.05) is 206 Å². The van der Waals surface area contributed by atoms with Gasteiger partial charge in [0.15, 0.2) is 12.6 Å². The van der Waals surface area contributed by atoms with Gasteiger partial charge < -0.3 is 56.8 Å². The van der Waals surface area contributed by atoms with E-state index in [2.05, 4.69) is 0 Å². The minimum absolute atomic E-state index is 0.123. The van der Waals surface area contributed by atoms with Crippen LogP contribution >= 0.6 is 0 Å². The summed E-state index contributed by atoms with van der Waals surface area (Å²) in [5, 5.41) is 0. The average molecular weight is 987 g/mol. The molecule has 7 aromatic rings. The summed E-state index contributed by atoms with van der Waals surface area (Å²) >= 11 is 0. The van der Waals surface area contributed by atoms with Crippen molar-refractivity contribution in [3.63, 3.8) is 0 Å². The lowest BCUT2D eigenvalue weighted by atomic mass is 9.95. The maximum atomic E-state index is 7.55. The third-order valence-corrected chi connectivity index (χ3v) is 13.1. The van der Waals surface area contributed by atoms with Gasteiger partial charge in [0, 0.05) is 5.56 Å². The molecule has 0 radical (unpaired) electrons. The Morgan fingerprint density at radius 1 is 0.411 bits per heavy atom. The molecule has 0 amide bonds. The highest BCUT2D eigenvalue weighted by Crippen LogP contribution is 2.40. The molecule has 0 N–H and O–H groups in total. The van der Waals surface area contributed by atoms with Gasteiger partial charge in [-0.1, -0.05) is 182 Å². The lowest BCUT2D eigenvalue weighted by Gasteiger charge is -2.51. The minimum atomic E-state index is -1.09. The van der Waals surface area contributed by atoms with Gasteiger partial charge in [-0.05, 0) is 52.1 Å². The molecule has 3 saturated heterocycles. The van der Waals surface area contributed by atoms with Crippen molar-refractivity contribution in [1.29, 1.82) is 0 Å². The highest BCUT2D eigenvalue weighted by molar-refractivity contribution is 5.31. The number of methoxy groups -OCH3 is 1. The Balaban J connectivity index is 1.05. The topological polar surface area (TPSA) is 111 Å². The summed E-state index contributed by atoms with van der Waals surface area (Å²) < 4.78 is 82.1. The van der Waals surface area contributed by atoms with Crippen molar-refractivity contribution in [3.05, 3.63) is 240 Å². The first-order valence-corrected chi connectivity index (χ1v) is 25.0. The number of hydrogen-bond donors (Lipinski definition) is 0. The van der Waals surface area contributed by atoms with Crippen LogP contribution in [0, 0.1) is 0 Å². The van der Waals surface area contributed by atoms with Crippen molar-refractivity contribution >= 4 is 0 Å². The van der Waals surface area contributed by atoms with E-state index in [-0.39, 0.29) is 39.6 Å². The zero-order valence-corrected chi connectivity index (χ0v) is 40.8. The van der Waals surface area contributed by atoms with Crippen LogP contribution in [0.25, 0.3) is 0 Å². The van der Waals surface area contributed by atoms with E-state index >= 15 is 0 Å². The lowest BCUT2D eigenvalue weighted by molar-refractivity contribution is -0.395. The van der Waals surface area contributed by atoms with Gasteiger partial charge in [0.1, 0.15) is 60.3 Å². The van der Waals surface area contributed by atoms with Crippen LogP contribution in [0.15, 0.2) is 206 Å². The summed E-state index contributed by atoms with van der Waals surface area (Å²) in [5.74, 6) is 1.21. The van der Waals surface area contributed by atoms with Crippen LogP contribution in [0.2, 0.25) is 0 Å². The van der Waals surface area contributed by atoms with Crippen LogP contribution in [0.5, 0.6) is 11.5 Å². The van der Waals surface area contributed by atoms with Crippen molar-refractivity contribution in [3.8, 4) is 11.5 Å². The van der Waals surface area contributed by atoms with Crippen molar-refractivity contribution in [2.45, 2.75) is 101 Å². The molecule has 0 bridgehead atoms. The van der Waals surface area contributed by atoms with Crippen LogP contribution in [-0.4, -0.2) is 81.7 Å². The van der Waals surface area contributed by atoms with Gasteiger partial charge in [0.05, 0.1) is 53.4 Å². The molecule has 3 heterocycles. The van der Waals surface area contributed by atoms with E-state index < -0.39 is 67.7 Å². The zero-order valence-electron chi connectivity index (χ0n) is 40.8. The Morgan fingerprint density at radius 3 is 1.36 bits per heavy atom. The van der Waals surface area contributed by atoms with Gasteiger partial charge in [-0.2, -0.15) is 0 Å². The van der Waals surface area contributed by atoms with E-state index in [4.69, 9.17) is 56.8 Å². The Kier molecular flexibility index (Phi) is 17.6. The van der Waals surface area contributed by atoms with E-state index in [1.54, 1.807) is 7.11 Å². The molecule has 3 fully saturated rings. The molecule has 10 rings (SSSR count). The van der Waals surface area contributed by atoms with E-state index in [1.165, 1.54) is 0 Å². The Morgan fingerprint density at radius 2 is 0.849 bits per heavy atom. The molecular weight excluding hydrogens is 925 g/mol. The number of benzene rings is 7. The van der Waals surface area contributed by atoms with Crippen LogP contribution < -0.4 is 9.47 Å². The van der Waals surface area contributed by atoms with Gasteiger partial charge in [-0.25, -0.2) is 0 Å². The normalized spacial score (nSPS) is 25.8. The summed E-state index contributed by atoms with van der Waals surface area (Å²) in [4.78, 5) is 0. The summed E-state index contributed by atoms with van der Waals surface area (Å²) in [7, 11) is 1.63. The minimum Gasteiger partial charge on any atom is -0.497 e. The van der Waals surface area contributed by atoms with Crippen LogP contribution in [0.1, 0.15) is 39.7 Å². The Labute approximate surface area is 427 Å². The van der Waals surface area contributed by atoms with Crippen LogP contribution in [0.3, 0.4) is 0 Å². The van der Waals surface area contributed by atoms with Gasteiger partial charge in [-0.3, -0.25) is 0 Å². The van der Waals surface area contributed by atoms with Gasteiger partial charge in [-0.15, -0.1) is 0 Å². The van der Waals surface area contributed by atoms with Crippen molar-refractivity contribution in [2.75, 3.05) is 20.3 Å². The number of fused-ring (bicyclic) bond motifs is 1. The van der Waals surface area contributed by atoms with Crippen LogP contribution in [-0.2, 0) is 80.4 Å². The van der Waals surface area contributed by atoms with Crippen molar-refractivity contribution in [2.24, 2.45) is 0 Å². The molecule has 0 aromatic heterocycles. The number of rotatable bonds is 22. The fourth-order valence-corrected chi connectivity index (χ4v) is 9.32. The quantitative estimate of drug-likeness (QED) is 0.0645. The number of hydrogen-bond acceptors (Lipinski definition) is 12. The molecule has 73 heavy (non-hydrogen) atoms. The summed E-state index contributed by atoms with van der Waals surface area (Å²) in [6.07, 6.45) is -9.04. The Bertz CT molecular complexity index is 2650. The van der Waals surface area contributed by atoms with Gasteiger partial charge in [0.25, 0.3) is 0 Å². The second-order valence-electron chi connectivity index (χ2n) is 18.2. The SMILES string of the molecule is COc1ccc(O[C@@H]2O[C@H](COCc3ccccc3)[C@H](OCc3ccccc3)[C@H](O[C@H]3O[C@@H]4COC(c5ccccc5)O[C@@H]4[C@H](OCc4ccccc4)[C@H]3OCc3ccccc3)[C@H]2OCc2ccccc2)cc1. The predicted molar refractivity (Wildman–Crippen MR) is 272 cm³/mol. The molecule has 11 atom stereocenters. The highest BCUT2D eigenvalue weighted by Gasteiger charge is 2.56. The largest absolute Gasteiger partial charge is 0.497 e. The Hall–Kier alpha value is -6.26. The van der Waals surface area contributed by atoms with Crippen molar-refractivity contribution < 1.29 is 56.8 Å². The maximum absolute atomic E-state index is 7.55. The molecule has 0 saturated carbocycles. The third kappa shape index (κ3) is 13.5. The molecule has 0 aliphatic carbocycles. The molecule has 12 heteroatoms. The fourth-order valence-electron chi connectivity index (χ4n) is 9.32. The standard InChI is InChI=1S/C61H62O12/c1-62-49-32-34-50(35-33-49)69-60-58(67-40-47-28-16-6-17-29-47)56(53(64-37-44-22-10-3-11-23-44)51(70-60)41-63-36-43-20-8-2-9-21-43)73-61-57(66-39-46-26-14-5-15-27-46)55(65-38-45-24-12-4-13-25-45)54-52(71-61)42-68-59(72-54)48-30-18-7-19-31-48/h2-35,51-61H,36-42H2,1H3/t51-,52-,53+,54+,55+,56+,57-,58-,59?,60-,61-/m1/s1. The molecule has 3 aliphatic rings. The molecule has 378 valence electrons. The summed E-state index contributed by atoms with van der Waals surface area (Å²) in [6.45, 7) is 1.58.